The maximum Gasteiger partial charge on any atom is 0.278 e. The number of aliphatic hydroxyl groups excluding tert-OH is 1. The molecule has 2 aromatic rings. The van der Waals surface area contributed by atoms with Crippen LogP contribution in [0, 0.1) is 18.8 Å². The molecule has 2 rings (SSSR count). The monoisotopic (exact) mass is 291 g/mol. The molecule has 0 spiro atoms. The third kappa shape index (κ3) is 3.17. The van der Waals surface area contributed by atoms with Gasteiger partial charge in [0.05, 0.1) is 12.5 Å². The molecule has 20 heavy (non-hydrogen) atoms. The van der Waals surface area contributed by atoms with E-state index in [0.29, 0.717) is 5.69 Å². The van der Waals surface area contributed by atoms with Gasteiger partial charge in [0.2, 0.25) is 0 Å². The van der Waals surface area contributed by atoms with Crippen molar-refractivity contribution in [2.75, 3.05) is 11.3 Å². The molecule has 1 aromatic heterocycles. The molecular formula is C13H13N3O3S. The smallest absolute Gasteiger partial charge is 0.278 e. The highest BCUT2D eigenvalue weighted by molar-refractivity contribution is 7.92. The Morgan fingerprint density at radius 1 is 1.45 bits per heavy atom. The standard InChI is InChI=1S/C13H13N3O3S/c1-10-7-12(5-4-11(10)3-2-6-17)16-20(18,19)13-8-14-9-15-13/h4-5,7-9,16-17H,6H2,1H3,(H,14,15). The fourth-order valence-corrected chi connectivity index (χ4v) is 2.56. The largest absolute Gasteiger partial charge is 0.384 e. The molecule has 0 atom stereocenters. The van der Waals surface area contributed by atoms with E-state index in [1.165, 1.54) is 12.5 Å². The molecule has 6 nitrogen and oxygen atoms in total. The number of nitrogens with zero attached hydrogens (tertiary/aromatic N) is 1. The van der Waals surface area contributed by atoms with Crippen LogP contribution in [0.4, 0.5) is 5.69 Å². The Bertz CT molecular complexity index is 756. The van der Waals surface area contributed by atoms with Crippen LogP contribution >= 0.6 is 0 Å². The molecule has 1 heterocycles. The van der Waals surface area contributed by atoms with Gasteiger partial charge < -0.3 is 10.1 Å². The maximum atomic E-state index is 12.0. The lowest BCUT2D eigenvalue weighted by Crippen LogP contribution is -2.13. The van der Waals surface area contributed by atoms with E-state index >= 15 is 0 Å². The Labute approximate surface area is 116 Å². The number of aromatic nitrogens is 2. The first kappa shape index (κ1) is 14.1. The normalized spacial score (nSPS) is 10.7. The van der Waals surface area contributed by atoms with Gasteiger partial charge >= 0.3 is 0 Å². The molecule has 0 amide bonds. The fourth-order valence-electron chi connectivity index (χ4n) is 1.60. The van der Waals surface area contributed by atoms with Crippen LogP contribution in [0.15, 0.2) is 35.7 Å². The second kappa shape index (κ2) is 5.77. The van der Waals surface area contributed by atoms with Crippen molar-refractivity contribution in [3.8, 4) is 11.8 Å². The number of imidazole rings is 1. The molecule has 0 unspecified atom stereocenters. The van der Waals surface area contributed by atoms with Gasteiger partial charge in [-0.05, 0) is 30.7 Å². The van der Waals surface area contributed by atoms with Crippen molar-refractivity contribution in [1.29, 1.82) is 0 Å². The summed E-state index contributed by atoms with van der Waals surface area (Å²) in [7, 11) is -3.66. The highest BCUT2D eigenvalue weighted by Crippen LogP contribution is 2.17. The average Bonchev–Trinajstić information content (AvgIpc) is 2.92. The fraction of sp³-hybridized carbons (Fsp3) is 0.154. The zero-order valence-corrected chi connectivity index (χ0v) is 11.5. The van der Waals surface area contributed by atoms with Crippen molar-refractivity contribution < 1.29 is 13.5 Å². The zero-order chi connectivity index (χ0) is 14.6. The molecule has 0 saturated heterocycles. The predicted molar refractivity (Wildman–Crippen MR) is 74.5 cm³/mol. The number of nitrogens with one attached hydrogen (secondary N) is 2. The van der Waals surface area contributed by atoms with Gasteiger partial charge in [0.1, 0.15) is 6.61 Å². The van der Waals surface area contributed by atoms with Crippen LogP contribution in [0.5, 0.6) is 0 Å². The molecule has 0 aliphatic heterocycles. The van der Waals surface area contributed by atoms with Crippen LogP contribution in [0.2, 0.25) is 0 Å². The number of hydrogen-bond donors (Lipinski definition) is 3. The van der Waals surface area contributed by atoms with Crippen LogP contribution in [0.3, 0.4) is 0 Å². The van der Waals surface area contributed by atoms with Gasteiger partial charge in [-0.2, -0.15) is 8.42 Å². The van der Waals surface area contributed by atoms with Crippen LogP contribution in [0.1, 0.15) is 11.1 Å². The third-order valence-electron chi connectivity index (χ3n) is 2.54. The number of aryl methyl sites for hydroxylation is 1. The van der Waals surface area contributed by atoms with Gasteiger partial charge in [0.15, 0.2) is 5.03 Å². The number of benzene rings is 1. The summed E-state index contributed by atoms with van der Waals surface area (Å²) in [5.41, 5.74) is 1.99. The minimum Gasteiger partial charge on any atom is -0.384 e. The summed E-state index contributed by atoms with van der Waals surface area (Å²) in [5, 5.41) is 8.66. The summed E-state index contributed by atoms with van der Waals surface area (Å²) in [4.78, 5) is 6.22. The molecule has 104 valence electrons. The molecule has 0 saturated carbocycles. The predicted octanol–water partition coefficient (Wildman–Crippen LogP) is 0.863. The summed E-state index contributed by atoms with van der Waals surface area (Å²) in [5.74, 6) is 5.34. The van der Waals surface area contributed by atoms with Gasteiger partial charge in [-0.1, -0.05) is 11.8 Å². The second-order valence-corrected chi connectivity index (χ2v) is 5.66. The van der Waals surface area contributed by atoms with Crippen molar-refractivity contribution in [2.24, 2.45) is 0 Å². The Hall–Kier alpha value is -2.30. The first-order valence-corrected chi connectivity index (χ1v) is 7.23. The van der Waals surface area contributed by atoms with Gasteiger partial charge in [-0.15, -0.1) is 0 Å². The molecule has 0 bridgehead atoms. The lowest BCUT2D eigenvalue weighted by atomic mass is 10.1. The van der Waals surface area contributed by atoms with Gasteiger partial charge in [0.25, 0.3) is 10.0 Å². The molecule has 0 aliphatic carbocycles. The van der Waals surface area contributed by atoms with Crippen molar-refractivity contribution in [3.63, 3.8) is 0 Å². The molecular weight excluding hydrogens is 278 g/mol. The topological polar surface area (TPSA) is 95.1 Å². The first-order chi connectivity index (χ1) is 9.53. The molecule has 7 heteroatoms. The SMILES string of the molecule is Cc1cc(NS(=O)(=O)c2cnc[nH]2)ccc1C#CCO. The number of sulfonamides is 1. The van der Waals surface area contributed by atoms with E-state index in [-0.39, 0.29) is 11.6 Å². The molecule has 0 aliphatic rings. The number of aliphatic hydroxyl groups is 1. The van der Waals surface area contributed by atoms with E-state index in [1.807, 2.05) is 6.92 Å². The summed E-state index contributed by atoms with van der Waals surface area (Å²) >= 11 is 0. The Kier molecular flexibility index (Phi) is 4.08. The Morgan fingerprint density at radius 3 is 2.85 bits per heavy atom. The van der Waals surface area contributed by atoms with Crippen molar-refractivity contribution in [2.45, 2.75) is 11.9 Å². The van der Waals surface area contributed by atoms with Crippen molar-refractivity contribution >= 4 is 15.7 Å². The van der Waals surface area contributed by atoms with Crippen molar-refractivity contribution in [3.05, 3.63) is 41.9 Å². The van der Waals surface area contributed by atoms with E-state index in [4.69, 9.17) is 5.11 Å². The van der Waals surface area contributed by atoms with E-state index in [9.17, 15) is 8.42 Å². The van der Waals surface area contributed by atoms with E-state index in [2.05, 4.69) is 26.5 Å². The molecule has 3 N–H and O–H groups in total. The lowest BCUT2D eigenvalue weighted by Gasteiger charge is -2.07. The minimum atomic E-state index is -3.66. The van der Waals surface area contributed by atoms with Crippen LogP contribution in [-0.4, -0.2) is 30.1 Å². The van der Waals surface area contributed by atoms with Gasteiger partial charge in [0, 0.05) is 11.3 Å². The second-order valence-electron chi connectivity index (χ2n) is 4.01. The Balaban J connectivity index is 2.25. The summed E-state index contributed by atoms with van der Waals surface area (Å²) < 4.78 is 26.4. The van der Waals surface area contributed by atoms with Gasteiger partial charge in [-0.25, -0.2) is 4.98 Å². The number of hydrogen-bond acceptors (Lipinski definition) is 4. The van der Waals surface area contributed by atoms with Crippen LogP contribution < -0.4 is 4.72 Å². The van der Waals surface area contributed by atoms with E-state index in [0.717, 1.165) is 11.1 Å². The summed E-state index contributed by atoms with van der Waals surface area (Å²) in [6.07, 6.45) is 2.53. The minimum absolute atomic E-state index is 0.000647. The average molecular weight is 291 g/mol. The number of aromatic amines is 1. The van der Waals surface area contributed by atoms with E-state index in [1.54, 1.807) is 18.2 Å². The lowest BCUT2D eigenvalue weighted by molar-refractivity contribution is 0.350. The number of H-pyrrole nitrogens is 1. The highest BCUT2D eigenvalue weighted by Gasteiger charge is 2.15. The van der Waals surface area contributed by atoms with Crippen LogP contribution in [0.25, 0.3) is 0 Å². The third-order valence-corrected chi connectivity index (χ3v) is 3.85. The van der Waals surface area contributed by atoms with Gasteiger partial charge in [-0.3, -0.25) is 4.72 Å². The summed E-state index contributed by atoms with van der Waals surface area (Å²) in [6.45, 7) is 1.60. The maximum absolute atomic E-state index is 12.0. The Morgan fingerprint density at radius 2 is 2.25 bits per heavy atom. The van der Waals surface area contributed by atoms with E-state index < -0.39 is 10.0 Å². The summed E-state index contributed by atoms with van der Waals surface area (Å²) in [6, 6.07) is 4.99. The van der Waals surface area contributed by atoms with Crippen LogP contribution in [-0.2, 0) is 10.0 Å². The number of anilines is 1. The molecule has 1 aromatic carbocycles. The van der Waals surface area contributed by atoms with Crippen molar-refractivity contribution in [1.82, 2.24) is 9.97 Å². The molecule has 0 fully saturated rings. The zero-order valence-electron chi connectivity index (χ0n) is 10.7. The molecule has 0 radical (unpaired) electrons. The first-order valence-electron chi connectivity index (χ1n) is 5.74. The highest BCUT2D eigenvalue weighted by atomic mass is 32.2. The number of rotatable bonds is 3. The quantitative estimate of drug-likeness (QED) is 0.731.